The molecule has 1 saturated heterocycles. The molecule has 3 unspecified atom stereocenters. The summed E-state index contributed by atoms with van der Waals surface area (Å²) in [5, 5.41) is 11.7. The Morgan fingerprint density at radius 1 is 0.953 bits per heavy atom. The highest BCUT2D eigenvalue weighted by atomic mass is 16.6. The molecule has 0 radical (unpaired) electrons. The van der Waals surface area contributed by atoms with Crippen molar-refractivity contribution in [1.82, 2.24) is 9.63 Å². The standard InChI is InChI=1S/C32H38N2O9/c1-38-24-12-17(13-25(39-2)29(24)40-3)32(37)43-26-14-18-16-33-11-10-20-19-8-6-7-9-22(19)34(42-5)28(20)23(33)15-21(18)27(31(35)36)30(26)41-4/h6-9,12-13,18,21,23,26-27,30H,10-11,14-16H2,1-5H3,(H,35,36)/t18-,21-,23-,26?,27?,30?/m0/s1. The van der Waals surface area contributed by atoms with Gasteiger partial charge in [0.25, 0.3) is 0 Å². The predicted molar refractivity (Wildman–Crippen MR) is 156 cm³/mol. The van der Waals surface area contributed by atoms with Gasteiger partial charge in [-0.3, -0.25) is 9.69 Å². The van der Waals surface area contributed by atoms with Gasteiger partial charge < -0.3 is 33.6 Å². The Kier molecular flexibility index (Phi) is 7.87. The highest BCUT2D eigenvalue weighted by Gasteiger charge is 2.54. The Balaban J connectivity index is 1.30. The van der Waals surface area contributed by atoms with Crippen molar-refractivity contribution in [1.29, 1.82) is 0 Å². The van der Waals surface area contributed by atoms with Crippen molar-refractivity contribution in [3.8, 4) is 17.2 Å². The van der Waals surface area contributed by atoms with Gasteiger partial charge in [0.05, 0.1) is 50.1 Å². The molecule has 2 aliphatic heterocycles. The van der Waals surface area contributed by atoms with Gasteiger partial charge in [0, 0.05) is 25.6 Å². The summed E-state index contributed by atoms with van der Waals surface area (Å²) in [6, 6.07) is 11.3. The van der Waals surface area contributed by atoms with Crippen LogP contribution in [0.2, 0.25) is 0 Å². The number of carboxylic acids is 1. The average Bonchev–Trinajstić information content (AvgIpc) is 3.36. The predicted octanol–water partition coefficient (Wildman–Crippen LogP) is 3.61. The van der Waals surface area contributed by atoms with Crippen molar-refractivity contribution in [2.75, 3.05) is 48.6 Å². The van der Waals surface area contributed by atoms with Crippen LogP contribution in [0.1, 0.15) is 40.5 Å². The maximum atomic E-state index is 13.5. The lowest BCUT2D eigenvalue weighted by Crippen LogP contribution is -2.58. The fraction of sp³-hybridized carbons (Fsp3) is 0.500. The normalized spacial score (nSPS) is 26.5. The first-order valence-corrected chi connectivity index (χ1v) is 14.5. The van der Waals surface area contributed by atoms with E-state index in [2.05, 4.69) is 17.0 Å². The third-order valence-electron chi connectivity index (χ3n) is 9.57. The number of nitrogens with zero attached hydrogens (tertiary/aromatic N) is 2. The van der Waals surface area contributed by atoms with Gasteiger partial charge in [-0.1, -0.05) is 18.2 Å². The van der Waals surface area contributed by atoms with Crippen LogP contribution in [0.4, 0.5) is 0 Å². The molecule has 6 rings (SSSR count). The second-order valence-electron chi connectivity index (χ2n) is 11.4. The molecule has 0 spiro atoms. The molecule has 11 nitrogen and oxygen atoms in total. The van der Waals surface area contributed by atoms with Gasteiger partial charge in [-0.2, -0.15) is 4.73 Å². The fourth-order valence-electron chi connectivity index (χ4n) is 7.78. The Hall–Kier alpha value is -3.96. The van der Waals surface area contributed by atoms with Gasteiger partial charge in [0.2, 0.25) is 5.75 Å². The number of methoxy groups -OCH3 is 4. The molecule has 0 amide bonds. The van der Waals surface area contributed by atoms with Crippen LogP contribution in [0, 0.1) is 17.8 Å². The van der Waals surface area contributed by atoms with E-state index in [0.29, 0.717) is 36.6 Å². The third kappa shape index (κ3) is 4.75. The highest BCUT2D eigenvalue weighted by Crippen LogP contribution is 2.51. The number of rotatable bonds is 8. The van der Waals surface area contributed by atoms with Crippen LogP contribution in [0.25, 0.3) is 10.9 Å². The summed E-state index contributed by atoms with van der Waals surface area (Å²) in [6.07, 6.45) is 0.450. The maximum Gasteiger partial charge on any atom is 0.338 e. The SMILES string of the molecule is COc1cc(C(=O)OC2C[C@H]3CN4CCc5c(n(OC)c6ccccc56)[C@@H]4C[C@@H]3C(C(=O)O)C2OC)cc(OC)c1OC. The van der Waals surface area contributed by atoms with Crippen molar-refractivity contribution in [3.05, 3.63) is 53.2 Å². The number of hydrogen-bond donors (Lipinski definition) is 1. The Morgan fingerprint density at radius 2 is 1.67 bits per heavy atom. The lowest BCUT2D eigenvalue weighted by atomic mass is 9.64. The topological polar surface area (TPSA) is 118 Å². The average molecular weight is 595 g/mol. The molecular formula is C32H38N2O9. The van der Waals surface area contributed by atoms with E-state index in [9.17, 15) is 14.7 Å². The van der Waals surface area contributed by atoms with Gasteiger partial charge in [-0.15, -0.1) is 0 Å². The number of aliphatic carboxylic acids is 1. The minimum atomic E-state index is -0.952. The fourth-order valence-corrected chi connectivity index (χ4v) is 7.78. The van der Waals surface area contributed by atoms with Crippen LogP contribution < -0.4 is 19.0 Å². The molecule has 6 atom stereocenters. The number of carbonyl (C=O) groups is 2. The smallest absolute Gasteiger partial charge is 0.338 e. The number of benzene rings is 2. The summed E-state index contributed by atoms with van der Waals surface area (Å²) in [4.78, 5) is 34.7. The van der Waals surface area contributed by atoms with E-state index in [0.717, 1.165) is 24.2 Å². The Bertz CT molecular complexity index is 1480. The van der Waals surface area contributed by atoms with Gasteiger partial charge in [0.15, 0.2) is 11.5 Å². The van der Waals surface area contributed by atoms with E-state index in [1.807, 2.05) is 16.9 Å². The van der Waals surface area contributed by atoms with Crippen LogP contribution in [0.15, 0.2) is 36.4 Å². The first-order chi connectivity index (χ1) is 20.8. The molecule has 11 heteroatoms. The van der Waals surface area contributed by atoms with Crippen LogP contribution in [-0.4, -0.2) is 87.5 Å². The van der Waals surface area contributed by atoms with E-state index < -0.39 is 30.1 Å². The summed E-state index contributed by atoms with van der Waals surface area (Å²) in [5.74, 6) is -1.59. The molecule has 0 bridgehead atoms. The highest BCUT2D eigenvalue weighted by molar-refractivity contribution is 5.91. The number of carbonyl (C=O) groups excluding carboxylic acids is 1. The van der Waals surface area contributed by atoms with Gasteiger partial charge in [-0.25, -0.2) is 4.79 Å². The molecule has 1 N–H and O–H groups in total. The third-order valence-corrected chi connectivity index (χ3v) is 9.57. The van der Waals surface area contributed by atoms with Crippen molar-refractivity contribution in [3.63, 3.8) is 0 Å². The number of hydrogen-bond acceptors (Lipinski definition) is 9. The van der Waals surface area contributed by atoms with E-state index in [1.54, 1.807) is 7.11 Å². The second kappa shape index (κ2) is 11.6. The number of esters is 1. The number of aromatic nitrogens is 1. The summed E-state index contributed by atoms with van der Waals surface area (Å²) >= 11 is 0. The first-order valence-electron chi connectivity index (χ1n) is 14.5. The first kappa shape index (κ1) is 29.1. The van der Waals surface area contributed by atoms with E-state index in [-0.39, 0.29) is 23.4 Å². The number of carboxylic acid groups (broad SMARTS) is 1. The van der Waals surface area contributed by atoms with E-state index in [4.69, 9.17) is 28.5 Å². The van der Waals surface area contributed by atoms with Gasteiger partial charge in [-0.05, 0) is 54.9 Å². The van der Waals surface area contributed by atoms with Gasteiger partial charge >= 0.3 is 11.9 Å². The summed E-state index contributed by atoms with van der Waals surface area (Å²) in [6.45, 7) is 1.55. The lowest BCUT2D eigenvalue weighted by Gasteiger charge is -2.52. The molecule has 2 aromatic carbocycles. The summed E-state index contributed by atoms with van der Waals surface area (Å²) < 4.78 is 29.9. The van der Waals surface area contributed by atoms with Crippen molar-refractivity contribution in [2.24, 2.45) is 17.8 Å². The van der Waals surface area contributed by atoms with Crippen LogP contribution in [0.5, 0.6) is 17.2 Å². The maximum absolute atomic E-state index is 13.5. The zero-order valence-electron chi connectivity index (χ0n) is 25.1. The molecule has 3 heterocycles. The molecule has 230 valence electrons. The molecule has 1 aromatic heterocycles. The van der Waals surface area contributed by atoms with Crippen LogP contribution in [-0.2, 0) is 20.7 Å². The number of para-hydroxylation sites is 1. The van der Waals surface area contributed by atoms with E-state index >= 15 is 0 Å². The van der Waals surface area contributed by atoms with E-state index in [1.165, 1.54) is 51.5 Å². The number of piperidine rings is 1. The summed E-state index contributed by atoms with van der Waals surface area (Å²) in [5.41, 5.74) is 3.59. The zero-order chi connectivity index (χ0) is 30.4. The molecule has 3 aromatic rings. The molecule has 3 aliphatic rings. The second-order valence-corrected chi connectivity index (χ2v) is 11.4. The molecule has 1 saturated carbocycles. The number of fused-ring (bicyclic) bond motifs is 6. The van der Waals surface area contributed by atoms with Crippen LogP contribution in [0.3, 0.4) is 0 Å². The lowest BCUT2D eigenvalue weighted by molar-refractivity contribution is -0.173. The largest absolute Gasteiger partial charge is 0.493 e. The van der Waals surface area contributed by atoms with Crippen molar-refractivity contribution in [2.45, 2.75) is 37.5 Å². The Morgan fingerprint density at radius 3 is 2.30 bits per heavy atom. The van der Waals surface area contributed by atoms with Gasteiger partial charge in [0.1, 0.15) is 19.3 Å². The molecular weight excluding hydrogens is 556 g/mol. The zero-order valence-corrected chi connectivity index (χ0v) is 25.1. The monoisotopic (exact) mass is 594 g/mol. The number of ether oxygens (including phenoxy) is 5. The molecule has 1 aliphatic carbocycles. The summed E-state index contributed by atoms with van der Waals surface area (Å²) in [7, 11) is 7.58. The minimum absolute atomic E-state index is 0.00316. The minimum Gasteiger partial charge on any atom is -0.493 e. The van der Waals surface area contributed by atoms with Crippen LogP contribution >= 0.6 is 0 Å². The molecule has 43 heavy (non-hydrogen) atoms. The van der Waals surface area contributed by atoms with Crippen molar-refractivity contribution >= 4 is 22.8 Å². The Labute approximate surface area is 250 Å². The molecule has 2 fully saturated rings. The quantitative estimate of drug-likeness (QED) is 0.388. The van der Waals surface area contributed by atoms with Crippen molar-refractivity contribution < 1.29 is 43.2 Å².